The van der Waals surface area contributed by atoms with Crippen molar-refractivity contribution in [1.82, 2.24) is 10.2 Å². The van der Waals surface area contributed by atoms with Gasteiger partial charge in [-0.3, -0.25) is 4.90 Å². The fourth-order valence-electron chi connectivity index (χ4n) is 3.65. The third-order valence-electron chi connectivity index (χ3n) is 5.10. The summed E-state index contributed by atoms with van der Waals surface area (Å²) >= 11 is 0. The maximum Gasteiger partial charge on any atom is 0.416 e. The van der Waals surface area contributed by atoms with Gasteiger partial charge in [0, 0.05) is 26.2 Å². The minimum absolute atomic E-state index is 0.0266. The topological polar surface area (TPSA) is 28.4 Å². The van der Waals surface area contributed by atoms with Crippen LogP contribution in [0, 0.1) is 0 Å². The Labute approximate surface area is 161 Å². The van der Waals surface area contributed by atoms with Crippen LogP contribution >= 0.6 is 0 Å². The molecule has 1 aliphatic rings. The summed E-state index contributed by atoms with van der Waals surface area (Å²) in [5.41, 5.74) is 2.12. The van der Waals surface area contributed by atoms with Gasteiger partial charge in [-0.2, -0.15) is 13.2 Å². The van der Waals surface area contributed by atoms with Crippen molar-refractivity contribution in [3.8, 4) is 11.1 Å². The Balaban J connectivity index is 1.60. The summed E-state index contributed by atoms with van der Waals surface area (Å²) in [6.07, 6.45) is -2.64. The molecule has 28 heavy (non-hydrogen) atoms. The highest BCUT2D eigenvalue weighted by Crippen LogP contribution is 2.33. The smallest absolute Gasteiger partial charge is 0.416 e. The number of nitrogens with one attached hydrogen (secondary N) is 1. The first-order valence-corrected chi connectivity index (χ1v) is 9.28. The Bertz CT molecular complexity index is 881. The summed E-state index contributed by atoms with van der Waals surface area (Å²) in [5, 5.41) is 3.36. The van der Waals surface area contributed by atoms with Gasteiger partial charge in [0.1, 0.15) is 5.76 Å². The molecule has 4 rings (SSSR count). The van der Waals surface area contributed by atoms with Gasteiger partial charge < -0.3 is 9.73 Å². The van der Waals surface area contributed by atoms with Crippen LogP contribution in [0.5, 0.6) is 0 Å². The monoisotopic (exact) mass is 386 g/mol. The molecule has 3 aromatic rings. The first kappa shape index (κ1) is 18.8. The minimum Gasteiger partial charge on any atom is -0.467 e. The van der Waals surface area contributed by atoms with E-state index >= 15 is 0 Å². The van der Waals surface area contributed by atoms with Gasteiger partial charge >= 0.3 is 6.18 Å². The SMILES string of the molecule is FC(F)(F)c1ccc(-c2ccc([C@H](c3ccco3)N3CCNCC3)cc2)cc1. The molecule has 0 saturated carbocycles. The molecule has 1 atom stereocenters. The molecule has 0 unspecified atom stereocenters. The van der Waals surface area contributed by atoms with Gasteiger partial charge in [-0.25, -0.2) is 0 Å². The van der Waals surface area contributed by atoms with Crippen LogP contribution in [0.15, 0.2) is 71.3 Å². The van der Waals surface area contributed by atoms with Gasteiger partial charge in [0.05, 0.1) is 17.9 Å². The molecule has 1 saturated heterocycles. The number of benzene rings is 2. The van der Waals surface area contributed by atoms with Crippen LogP contribution in [0.4, 0.5) is 13.2 Å². The van der Waals surface area contributed by atoms with Gasteiger partial charge in [-0.05, 0) is 41.0 Å². The molecule has 1 aromatic heterocycles. The fourth-order valence-corrected chi connectivity index (χ4v) is 3.65. The molecule has 1 fully saturated rings. The molecule has 2 heterocycles. The van der Waals surface area contributed by atoms with E-state index in [1.807, 2.05) is 36.4 Å². The number of hydrogen-bond acceptors (Lipinski definition) is 3. The van der Waals surface area contributed by atoms with E-state index in [-0.39, 0.29) is 6.04 Å². The number of alkyl halides is 3. The summed E-state index contributed by atoms with van der Waals surface area (Å²) in [6.45, 7) is 3.71. The summed E-state index contributed by atoms with van der Waals surface area (Å²) < 4.78 is 44.0. The van der Waals surface area contributed by atoms with Crippen LogP contribution in [0.1, 0.15) is 22.9 Å². The standard InChI is InChI=1S/C22H21F3N2O/c23-22(24,25)19-9-7-17(8-10-19)16-3-5-18(6-4-16)21(20-2-1-15-28-20)27-13-11-26-12-14-27/h1-10,15,21,26H,11-14H2/t21-/m1/s1. The Kier molecular flexibility index (Phi) is 5.24. The van der Waals surface area contributed by atoms with Crippen molar-refractivity contribution >= 4 is 0 Å². The predicted octanol–water partition coefficient (Wildman–Crippen LogP) is 4.96. The molecular weight excluding hydrogens is 365 g/mol. The van der Waals surface area contributed by atoms with Crippen LogP contribution in [0.2, 0.25) is 0 Å². The number of hydrogen-bond donors (Lipinski definition) is 1. The summed E-state index contributed by atoms with van der Waals surface area (Å²) in [5.74, 6) is 0.893. The lowest BCUT2D eigenvalue weighted by molar-refractivity contribution is -0.137. The number of rotatable bonds is 4. The van der Waals surface area contributed by atoms with Gasteiger partial charge in [-0.15, -0.1) is 0 Å². The highest BCUT2D eigenvalue weighted by Gasteiger charge is 2.30. The maximum atomic E-state index is 12.8. The molecule has 3 nitrogen and oxygen atoms in total. The van der Waals surface area contributed by atoms with Crippen molar-refractivity contribution in [2.45, 2.75) is 12.2 Å². The van der Waals surface area contributed by atoms with Crippen molar-refractivity contribution in [1.29, 1.82) is 0 Å². The Morgan fingerprint density at radius 3 is 2.00 bits per heavy atom. The van der Waals surface area contributed by atoms with Crippen LogP contribution in [0.25, 0.3) is 11.1 Å². The van der Waals surface area contributed by atoms with Crippen molar-refractivity contribution < 1.29 is 17.6 Å². The zero-order valence-corrected chi connectivity index (χ0v) is 15.2. The Morgan fingerprint density at radius 2 is 1.46 bits per heavy atom. The van der Waals surface area contributed by atoms with Crippen LogP contribution in [0.3, 0.4) is 0 Å². The maximum absolute atomic E-state index is 12.8. The first-order chi connectivity index (χ1) is 13.5. The average molecular weight is 386 g/mol. The van der Waals surface area contributed by atoms with E-state index in [0.29, 0.717) is 0 Å². The molecule has 1 aliphatic heterocycles. The van der Waals surface area contributed by atoms with E-state index in [1.54, 1.807) is 6.26 Å². The summed E-state index contributed by atoms with van der Waals surface area (Å²) in [6, 6.07) is 17.1. The summed E-state index contributed by atoms with van der Waals surface area (Å²) in [7, 11) is 0. The lowest BCUT2D eigenvalue weighted by atomic mass is 9.97. The fraction of sp³-hybridized carbons (Fsp3) is 0.273. The van der Waals surface area contributed by atoms with Gasteiger partial charge in [0.15, 0.2) is 0 Å². The molecule has 1 N–H and O–H groups in total. The second-order valence-electron chi connectivity index (χ2n) is 6.90. The third kappa shape index (κ3) is 3.98. The quantitative estimate of drug-likeness (QED) is 0.687. The first-order valence-electron chi connectivity index (χ1n) is 9.28. The normalized spacial score (nSPS) is 16.8. The van der Waals surface area contributed by atoms with Crippen molar-refractivity contribution in [3.05, 3.63) is 83.8 Å². The van der Waals surface area contributed by atoms with Crippen LogP contribution in [-0.2, 0) is 6.18 Å². The van der Waals surface area contributed by atoms with Crippen LogP contribution < -0.4 is 5.32 Å². The van der Waals surface area contributed by atoms with E-state index < -0.39 is 11.7 Å². The van der Waals surface area contributed by atoms with Crippen molar-refractivity contribution in [3.63, 3.8) is 0 Å². The van der Waals surface area contributed by atoms with Crippen LogP contribution in [-0.4, -0.2) is 31.1 Å². The van der Waals surface area contributed by atoms with E-state index in [1.165, 1.54) is 12.1 Å². The van der Waals surface area contributed by atoms with Gasteiger partial charge in [-0.1, -0.05) is 36.4 Å². The van der Waals surface area contributed by atoms with Crippen molar-refractivity contribution in [2.24, 2.45) is 0 Å². The highest BCUT2D eigenvalue weighted by atomic mass is 19.4. The average Bonchev–Trinajstić information content (AvgIpc) is 3.23. The Morgan fingerprint density at radius 1 is 0.857 bits per heavy atom. The molecule has 0 bridgehead atoms. The van der Waals surface area contributed by atoms with Gasteiger partial charge in [0.2, 0.25) is 0 Å². The number of furan rings is 1. The number of piperazine rings is 1. The minimum atomic E-state index is -4.32. The van der Waals surface area contributed by atoms with Crippen molar-refractivity contribution in [2.75, 3.05) is 26.2 Å². The van der Waals surface area contributed by atoms with E-state index in [2.05, 4.69) is 10.2 Å². The molecule has 146 valence electrons. The lowest BCUT2D eigenvalue weighted by Crippen LogP contribution is -2.45. The largest absolute Gasteiger partial charge is 0.467 e. The number of nitrogens with zero attached hydrogens (tertiary/aromatic N) is 1. The van der Waals surface area contributed by atoms with E-state index in [4.69, 9.17) is 4.42 Å². The van der Waals surface area contributed by atoms with E-state index in [9.17, 15) is 13.2 Å². The molecule has 0 amide bonds. The molecule has 2 aromatic carbocycles. The highest BCUT2D eigenvalue weighted by molar-refractivity contribution is 5.64. The zero-order valence-electron chi connectivity index (χ0n) is 15.2. The second kappa shape index (κ2) is 7.81. The molecule has 0 aliphatic carbocycles. The molecular formula is C22H21F3N2O. The molecule has 0 radical (unpaired) electrons. The molecule has 6 heteroatoms. The van der Waals surface area contributed by atoms with Gasteiger partial charge in [0.25, 0.3) is 0 Å². The second-order valence-corrected chi connectivity index (χ2v) is 6.90. The van der Waals surface area contributed by atoms with E-state index in [0.717, 1.165) is 60.8 Å². The zero-order chi connectivity index (χ0) is 19.6. The third-order valence-corrected chi connectivity index (χ3v) is 5.10. The number of halogens is 3. The molecule has 0 spiro atoms. The lowest BCUT2D eigenvalue weighted by Gasteiger charge is -2.34. The predicted molar refractivity (Wildman–Crippen MR) is 102 cm³/mol. The summed E-state index contributed by atoms with van der Waals surface area (Å²) in [4.78, 5) is 2.38. The Hall–Kier alpha value is -2.57.